The molecule has 0 atom stereocenters. The Hall–Kier alpha value is -3.27. The van der Waals surface area contributed by atoms with Gasteiger partial charge in [-0.15, -0.1) is 0 Å². The van der Waals surface area contributed by atoms with Gasteiger partial charge in [-0.25, -0.2) is 13.8 Å². The SMILES string of the molecule is COc1ccc(N(CC(=O)N/N=C\c2ccc(OCc3ccc(Cl)cc3)cc2)S(C)(=O)=O)cc1Cl. The van der Waals surface area contributed by atoms with Crippen LogP contribution in [0.15, 0.2) is 71.8 Å². The molecule has 1 amide bonds. The molecule has 3 aromatic carbocycles. The van der Waals surface area contributed by atoms with Crippen LogP contribution in [0.3, 0.4) is 0 Å². The minimum atomic E-state index is -3.76. The number of amides is 1. The van der Waals surface area contributed by atoms with Crippen LogP contribution in [0, 0.1) is 0 Å². The molecule has 0 aliphatic rings. The molecule has 3 rings (SSSR count). The molecule has 0 aliphatic heterocycles. The molecule has 0 heterocycles. The molecule has 0 bridgehead atoms. The van der Waals surface area contributed by atoms with Crippen LogP contribution in [0.4, 0.5) is 5.69 Å². The van der Waals surface area contributed by atoms with Crippen LogP contribution in [0.5, 0.6) is 11.5 Å². The first-order valence-electron chi connectivity index (χ1n) is 10.3. The van der Waals surface area contributed by atoms with E-state index in [1.165, 1.54) is 31.5 Å². The highest BCUT2D eigenvalue weighted by Crippen LogP contribution is 2.30. The van der Waals surface area contributed by atoms with E-state index in [2.05, 4.69) is 10.5 Å². The van der Waals surface area contributed by atoms with Crippen molar-refractivity contribution in [1.82, 2.24) is 5.43 Å². The van der Waals surface area contributed by atoms with Gasteiger partial charge in [-0.2, -0.15) is 5.10 Å². The Morgan fingerprint density at radius 3 is 2.34 bits per heavy atom. The number of hydrogen-bond acceptors (Lipinski definition) is 6. The zero-order chi connectivity index (χ0) is 25.4. The fraction of sp³-hybridized carbons (Fsp3) is 0.167. The van der Waals surface area contributed by atoms with Gasteiger partial charge in [0.25, 0.3) is 5.91 Å². The zero-order valence-electron chi connectivity index (χ0n) is 18.9. The summed E-state index contributed by atoms with van der Waals surface area (Å²) in [6.45, 7) is -0.0762. The molecule has 0 fully saturated rings. The summed E-state index contributed by atoms with van der Waals surface area (Å²) in [6.07, 6.45) is 2.44. The van der Waals surface area contributed by atoms with Crippen molar-refractivity contribution in [2.24, 2.45) is 5.10 Å². The topological polar surface area (TPSA) is 97.3 Å². The largest absolute Gasteiger partial charge is 0.495 e. The van der Waals surface area contributed by atoms with Crippen molar-refractivity contribution in [1.29, 1.82) is 0 Å². The molecule has 0 aliphatic carbocycles. The van der Waals surface area contributed by atoms with Gasteiger partial charge in [-0.1, -0.05) is 35.3 Å². The van der Waals surface area contributed by atoms with E-state index in [0.717, 1.165) is 16.1 Å². The van der Waals surface area contributed by atoms with Crippen molar-refractivity contribution in [2.75, 3.05) is 24.2 Å². The number of anilines is 1. The number of sulfonamides is 1. The second kappa shape index (κ2) is 11.9. The van der Waals surface area contributed by atoms with Gasteiger partial charge in [0.1, 0.15) is 24.7 Å². The van der Waals surface area contributed by atoms with Gasteiger partial charge < -0.3 is 9.47 Å². The first kappa shape index (κ1) is 26.3. The van der Waals surface area contributed by atoms with Gasteiger partial charge in [0.05, 0.1) is 30.3 Å². The van der Waals surface area contributed by atoms with Crippen molar-refractivity contribution in [3.8, 4) is 11.5 Å². The normalized spacial score (nSPS) is 11.3. The summed E-state index contributed by atoms with van der Waals surface area (Å²) >= 11 is 12.0. The van der Waals surface area contributed by atoms with Crippen LogP contribution < -0.4 is 19.2 Å². The van der Waals surface area contributed by atoms with E-state index in [0.29, 0.717) is 28.7 Å². The summed E-state index contributed by atoms with van der Waals surface area (Å²) in [5.74, 6) is 0.434. The van der Waals surface area contributed by atoms with Crippen molar-refractivity contribution >= 4 is 51.0 Å². The van der Waals surface area contributed by atoms with Crippen LogP contribution >= 0.6 is 23.2 Å². The molecule has 1 N–H and O–H groups in total. The third kappa shape index (κ3) is 7.88. The van der Waals surface area contributed by atoms with Crippen LogP contribution in [-0.4, -0.2) is 40.4 Å². The molecule has 0 saturated carbocycles. The van der Waals surface area contributed by atoms with E-state index < -0.39 is 22.5 Å². The van der Waals surface area contributed by atoms with Gasteiger partial charge in [0.15, 0.2) is 0 Å². The average molecular weight is 536 g/mol. The highest BCUT2D eigenvalue weighted by atomic mass is 35.5. The Kier molecular flexibility index (Phi) is 8.97. The number of ether oxygens (including phenoxy) is 2. The Balaban J connectivity index is 1.56. The van der Waals surface area contributed by atoms with E-state index in [9.17, 15) is 13.2 Å². The molecule has 0 spiro atoms. The number of nitrogens with zero attached hydrogens (tertiary/aromatic N) is 2. The van der Waals surface area contributed by atoms with E-state index >= 15 is 0 Å². The number of rotatable bonds is 10. The lowest BCUT2D eigenvalue weighted by atomic mass is 10.2. The lowest BCUT2D eigenvalue weighted by Crippen LogP contribution is -2.39. The third-order valence-corrected chi connectivity index (χ3v) is 6.40. The number of hydrogen-bond donors (Lipinski definition) is 1. The van der Waals surface area contributed by atoms with E-state index in [4.69, 9.17) is 32.7 Å². The summed E-state index contributed by atoms with van der Waals surface area (Å²) in [5.41, 5.74) is 4.26. The Labute approximate surface area is 214 Å². The summed E-state index contributed by atoms with van der Waals surface area (Å²) in [6, 6.07) is 18.9. The summed E-state index contributed by atoms with van der Waals surface area (Å²) in [7, 11) is -2.31. The van der Waals surface area contributed by atoms with E-state index in [-0.39, 0.29) is 10.7 Å². The summed E-state index contributed by atoms with van der Waals surface area (Å²) in [5, 5.41) is 4.79. The Bertz CT molecular complexity index is 1300. The lowest BCUT2D eigenvalue weighted by Gasteiger charge is -2.21. The molecule has 11 heteroatoms. The molecule has 0 aromatic heterocycles. The van der Waals surface area contributed by atoms with Crippen LogP contribution in [0.1, 0.15) is 11.1 Å². The average Bonchev–Trinajstić information content (AvgIpc) is 2.82. The van der Waals surface area contributed by atoms with Crippen molar-refractivity contribution < 1.29 is 22.7 Å². The molecule has 184 valence electrons. The molecule has 8 nitrogen and oxygen atoms in total. The number of carbonyl (C=O) groups excluding carboxylic acids is 1. The molecular formula is C24H23Cl2N3O5S. The minimum absolute atomic E-state index is 0.220. The van der Waals surface area contributed by atoms with Gasteiger partial charge in [0.2, 0.25) is 10.0 Å². The fourth-order valence-corrected chi connectivity index (χ4v) is 4.18. The van der Waals surface area contributed by atoms with Crippen molar-refractivity contribution in [2.45, 2.75) is 6.61 Å². The third-order valence-electron chi connectivity index (χ3n) is 4.71. The second-order valence-electron chi connectivity index (χ2n) is 7.37. The standard InChI is InChI=1S/C24H23Cl2N3O5S/c1-33-23-12-9-20(13-22(23)26)29(35(2,31)32)15-24(30)28-27-14-17-5-10-21(11-6-17)34-16-18-3-7-19(25)8-4-18/h3-14H,15-16H2,1-2H3,(H,28,30)/b27-14-. The van der Waals surface area contributed by atoms with Crippen molar-refractivity contribution in [3.05, 3.63) is 87.9 Å². The van der Waals surface area contributed by atoms with E-state index in [1.54, 1.807) is 36.4 Å². The summed E-state index contributed by atoms with van der Waals surface area (Å²) in [4.78, 5) is 12.3. The quantitative estimate of drug-likeness (QED) is 0.304. The number of halogens is 2. The predicted molar refractivity (Wildman–Crippen MR) is 138 cm³/mol. The first-order chi connectivity index (χ1) is 16.7. The minimum Gasteiger partial charge on any atom is -0.495 e. The molecule has 0 radical (unpaired) electrons. The maximum Gasteiger partial charge on any atom is 0.260 e. The molecule has 0 unspecified atom stereocenters. The lowest BCUT2D eigenvalue weighted by molar-refractivity contribution is -0.119. The van der Waals surface area contributed by atoms with Crippen LogP contribution in [0.2, 0.25) is 10.0 Å². The number of methoxy groups -OCH3 is 1. The van der Waals surface area contributed by atoms with Gasteiger partial charge in [-0.3, -0.25) is 9.10 Å². The van der Waals surface area contributed by atoms with Crippen LogP contribution in [-0.2, 0) is 21.4 Å². The highest BCUT2D eigenvalue weighted by molar-refractivity contribution is 7.92. The predicted octanol–water partition coefficient (Wildman–Crippen LogP) is 4.50. The summed E-state index contributed by atoms with van der Waals surface area (Å²) < 4.78 is 36.2. The number of nitrogens with one attached hydrogen (secondary N) is 1. The maximum atomic E-state index is 12.3. The first-order valence-corrected chi connectivity index (χ1v) is 12.9. The van der Waals surface area contributed by atoms with Crippen molar-refractivity contribution in [3.63, 3.8) is 0 Å². The molecule has 3 aromatic rings. The second-order valence-corrected chi connectivity index (χ2v) is 10.1. The zero-order valence-corrected chi connectivity index (χ0v) is 21.3. The van der Waals surface area contributed by atoms with Gasteiger partial charge in [0, 0.05) is 5.02 Å². The van der Waals surface area contributed by atoms with Gasteiger partial charge in [-0.05, 0) is 65.7 Å². The van der Waals surface area contributed by atoms with E-state index in [1.807, 2.05) is 12.1 Å². The maximum absolute atomic E-state index is 12.3. The number of carbonyl (C=O) groups is 1. The molecular weight excluding hydrogens is 513 g/mol. The molecule has 35 heavy (non-hydrogen) atoms. The number of benzene rings is 3. The molecule has 0 saturated heterocycles. The number of hydrazone groups is 1. The highest BCUT2D eigenvalue weighted by Gasteiger charge is 2.21. The Morgan fingerprint density at radius 2 is 1.74 bits per heavy atom. The Morgan fingerprint density at radius 1 is 1.06 bits per heavy atom. The van der Waals surface area contributed by atoms with Gasteiger partial charge >= 0.3 is 0 Å². The fourth-order valence-electron chi connectivity index (χ4n) is 2.95. The monoisotopic (exact) mass is 535 g/mol. The van der Waals surface area contributed by atoms with Crippen LogP contribution in [0.25, 0.3) is 0 Å². The smallest absolute Gasteiger partial charge is 0.260 e.